The standard InChI is InChI=1S/C22H23N5O2/c1-5-8-15(9-6-2)21-17(12-27(4)26-21)22-16-10-19(25-14-28)20(29-7-3)11-18(16)23-13-24-22/h5-6,8-14H,1,7H2,2-4H3,(H,25,28)/b9-6-,15-8+. The predicted octanol–water partition coefficient (Wildman–Crippen LogP) is 4.14. The van der Waals surface area contributed by atoms with Crippen molar-refractivity contribution in [2.45, 2.75) is 13.8 Å². The molecular formula is C22H23N5O2. The number of allylic oxidation sites excluding steroid dienone is 5. The summed E-state index contributed by atoms with van der Waals surface area (Å²) in [4.78, 5) is 20.0. The molecule has 0 saturated heterocycles. The minimum Gasteiger partial charge on any atom is -0.492 e. The highest BCUT2D eigenvalue weighted by molar-refractivity contribution is 5.99. The number of rotatable bonds is 8. The zero-order chi connectivity index (χ0) is 20.8. The smallest absolute Gasteiger partial charge is 0.211 e. The molecule has 0 spiro atoms. The number of benzene rings is 1. The van der Waals surface area contributed by atoms with Crippen LogP contribution in [0.4, 0.5) is 5.69 Å². The lowest BCUT2D eigenvalue weighted by Crippen LogP contribution is -2.01. The van der Waals surface area contributed by atoms with Gasteiger partial charge in [-0.25, -0.2) is 9.97 Å². The average Bonchev–Trinajstić information content (AvgIpc) is 3.09. The normalized spacial score (nSPS) is 11.8. The van der Waals surface area contributed by atoms with E-state index in [2.05, 4.69) is 27.0 Å². The molecule has 1 N–H and O–H groups in total. The van der Waals surface area contributed by atoms with E-state index < -0.39 is 0 Å². The summed E-state index contributed by atoms with van der Waals surface area (Å²) in [5.41, 5.74) is 4.55. The number of amides is 1. The van der Waals surface area contributed by atoms with Gasteiger partial charge in [0.1, 0.15) is 17.8 Å². The Morgan fingerprint density at radius 1 is 1.34 bits per heavy atom. The Kier molecular flexibility index (Phi) is 6.19. The molecule has 148 valence electrons. The second-order valence-electron chi connectivity index (χ2n) is 6.21. The predicted molar refractivity (Wildman–Crippen MR) is 116 cm³/mol. The zero-order valence-corrected chi connectivity index (χ0v) is 16.7. The van der Waals surface area contributed by atoms with Gasteiger partial charge in [0.15, 0.2) is 0 Å². The maximum atomic E-state index is 11.1. The van der Waals surface area contributed by atoms with E-state index in [-0.39, 0.29) is 0 Å². The van der Waals surface area contributed by atoms with Gasteiger partial charge in [0.25, 0.3) is 0 Å². The molecule has 0 atom stereocenters. The molecule has 0 radical (unpaired) electrons. The lowest BCUT2D eigenvalue weighted by molar-refractivity contribution is -0.105. The molecule has 2 aromatic heterocycles. The largest absolute Gasteiger partial charge is 0.492 e. The molecule has 0 bridgehead atoms. The number of ether oxygens (including phenoxy) is 1. The molecule has 1 aromatic carbocycles. The van der Waals surface area contributed by atoms with E-state index in [0.717, 1.165) is 27.9 Å². The number of nitrogens with zero attached hydrogens (tertiary/aromatic N) is 4. The first-order valence-corrected chi connectivity index (χ1v) is 9.24. The van der Waals surface area contributed by atoms with Crippen molar-refractivity contribution < 1.29 is 9.53 Å². The summed E-state index contributed by atoms with van der Waals surface area (Å²) in [5, 5.41) is 8.11. The summed E-state index contributed by atoms with van der Waals surface area (Å²) in [6.07, 6.45) is 11.6. The number of aromatic nitrogens is 4. The molecule has 0 aliphatic heterocycles. The van der Waals surface area contributed by atoms with E-state index in [0.29, 0.717) is 30.0 Å². The van der Waals surface area contributed by atoms with Gasteiger partial charge in [0.2, 0.25) is 6.41 Å². The summed E-state index contributed by atoms with van der Waals surface area (Å²) >= 11 is 0. The Morgan fingerprint density at radius 3 is 2.86 bits per heavy atom. The highest BCUT2D eigenvalue weighted by Gasteiger charge is 2.18. The van der Waals surface area contributed by atoms with Gasteiger partial charge in [0, 0.05) is 35.8 Å². The van der Waals surface area contributed by atoms with E-state index in [1.54, 1.807) is 16.8 Å². The summed E-state index contributed by atoms with van der Waals surface area (Å²) in [5.74, 6) is 0.560. The second-order valence-corrected chi connectivity index (χ2v) is 6.21. The molecule has 7 heteroatoms. The first kappa shape index (κ1) is 20.0. The lowest BCUT2D eigenvalue weighted by atomic mass is 10.0. The monoisotopic (exact) mass is 389 g/mol. The zero-order valence-electron chi connectivity index (χ0n) is 16.7. The van der Waals surface area contributed by atoms with Crippen molar-refractivity contribution in [2.24, 2.45) is 7.05 Å². The highest BCUT2D eigenvalue weighted by atomic mass is 16.5. The van der Waals surface area contributed by atoms with E-state index in [4.69, 9.17) is 4.74 Å². The van der Waals surface area contributed by atoms with Crippen molar-refractivity contribution in [2.75, 3.05) is 11.9 Å². The molecule has 0 saturated carbocycles. The van der Waals surface area contributed by atoms with Gasteiger partial charge in [-0.2, -0.15) is 5.10 Å². The molecule has 29 heavy (non-hydrogen) atoms. The fraction of sp³-hybridized carbons (Fsp3) is 0.182. The van der Waals surface area contributed by atoms with Crippen LogP contribution in [-0.4, -0.2) is 32.8 Å². The lowest BCUT2D eigenvalue weighted by Gasteiger charge is -2.12. The van der Waals surface area contributed by atoms with Crippen LogP contribution in [0.5, 0.6) is 5.75 Å². The van der Waals surface area contributed by atoms with E-state index in [1.165, 1.54) is 6.33 Å². The fourth-order valence-electron chi connectivity index (χ4n) is 3.14. The van der Waals surface area contributed by atoms with Crippen LogP contribution in [0.2, 0.25) is 0 Å². The Morgan fingerprint density at radius 2 is 2.17 bits per heavy atom. The van der Waals surface area contributed by atoms with Crippen molar-refractivity contribution in [3.05, 3.63) is 61.2 Å². The number of carbonyl (C=O) groups excluding carboxylic acids is 1. The van der Waals surface area contributed by atoms with Crippen molar-refractivity contribution in [1.29, 1.82) is 0 Å². The highest BCUT2D eigenvalue weighted by Crippen LogP contribution is 2.36. The minimum atomic E-state index is 0.475. The molecule has 0 aliphatic rings. The molecule has 2 heterocycles. The first-order chi connectivity index (χ1) is 14.1. The van der Waals surface area contributed by atoms with Gasteiger partial charge >= 0.3 is 0 Å². The van der Waals surface area contributed by atoms with Crippen LogP contribution in [-0.2, 0) is 11.8 Å². The molecule has 3 rings (SSSR count). The Bertz CT molecular complexity index is 1110. The van der Waals surface area contributed by atoms with Crippen molar-refractivity contribution in [3.8, 4) is 17.0 Å². The third kappa shape index (κ3) is 4.08. The minimum absolute atomic E-state index is 0.475. The average molecular weight is 389 g/mol. The molecule has 1 amide bonds. The van der Waals surface area contributed by atoms with Crippen molar-refractivity contribution in [3.63, 3.8) is 0 Å². The number of carbonyl (C=O) groups is 1. The van der Waals surface area contributed by atoms with E-state index in [9.17, 15) is 4.79 Å². The summed E-state index contributed by atoms with van der Waals surface area (Å²) in [6, 6.07) is 3.63. The van der Waals surface area contributed by atoms with Crippen LogP contribution in [0.1, 0.15) is 19.5 Å². The topological polar surface area (TPSA) is 81.9 Å². The van der Waals surface area contributed by atoms with E-state index in [1.807, 2.05) is 51.4 Å². The summed E-state index contributed by atoms with van der Waals surface area (Å²) in [6.45, 7) is 8.11. The Labute approximate surface area is 169 Å². The third-order valence-corrected chi connectivity index (χ3v) is 4.25. The number of aryl methyl sites for hydroxylation is 1. The van der Waals surface area contributed by atoms with Crippen LogP contribution < -0.4 is 10.1 Å². The Hall–Kier alpha value is -3.74. The van der Waals surface area contributed by atoms with Gasteiger partial charge in [-0.3, -0.25) is 9.48 Å². The first-order valence-electron chi connectivity index (χ1n) is 9.24. The van der Waals surface area contributed by atoms with Gasteiger partial charge in [-0.1, -0.05) is 30.9 Å². The van der Waals surface area contributed by atoms with Crippen molar-refractivity contribution >= 4 is 28.6 Å². The molecule has 7 nitrogen and oxygen atoms in total. The number of hydrogen-bond acceptors (Lipinski definition) is 5. The molecule has 0 fully saturated rings. The van der Waals surface area contributed by atoms with Gasteiger partial charge in [-0.15, -0.1) is 0 Å². The maximum absolute atomic E-state index is 11.1. The number of anilines is 1. The molecular weight excluding hydrogens is 366 g/mol. The fourth-order valence-corrected chi connectivity index (χ4v) is 3.14. The number of fused-ring (bicyclic) bond motifs is 1. The van der Waals surface area contributed by atoms with Gasteiger partial charge in [-0.05, 0) is 19.9 Å². The van der Waals surface area contributed by atoms with Gasteiger partial charge in [0.05, 0.1) is 23.5 Å². The number of hydrogen-bond donors (Lipinski definition) is 1. The second kappa shape index (κ2) is 8.97. The quantitative estimate of drug-likeness (QED) is 0.462. The summed E-state index contributed by atoms with van der Waals surface area (Å²) < 4.78 is 7.39. The van der Waals surface area contributed by atoms with E-state index >= 15 is 0 Å². The third-order valence-electron chi connectivity index (χ3n) is 4.25. The molecule has 0 unspecified atom stereocenters. The SMILES string of the molecule is C=C/C=C(\C=C/C)c1nn(C)cc1-c1ncnc2cc(OCC)c(NC=O)cc12. The maximum Gasteiger partial charge on any atom is 0.211 e. The van der Waals surface area contributed by atoms with Crippen LogP contribution in [0.3, 0.4) is 0 Å². The van der Waals surface area contributed by atoms with Crippen molar-refractivity contribution in [1.82, 2.24) is 19.7 Å². The van der Waals surface area contributed by atoms with Gasteiger partial charge < -0.3 is 10.1 Å². The molecule has 3 aromatic rings. The van der Waals surface area contributed by atoms with Crippen LogP contribution in [0.25, 0.3) is 27.7 Å². The van der Waals surface area contributed by atoms with Crippen LogP contribution in [0.15, 0.2) is 55.5 Å². The van der Waals surface area contributed by atoms with Crippen LogP contribution in [0, 0.1) is 0 Å². The summed E-state index contributed by atoms with van der Waals surface area (Å²) in [7, 11) is 1.87. The molecule has 0 aliphatic carbocycles. The Balaban J connectivity index is 2.28. The number of nitrogens with one attached hydrogen (secondary N) is 1. The van der Waals surface area contributed by atoms with Crippen LogP contribution >= 0.6 is 0 Å².